The Hall–Kier alpha value is -2.63. The summed E-state index contributed by atoms with van der Waals surface area (Å²) in [4.78, 5) is 30.8. The second-order valence-electron chi connectivity index (χ2n) is 6.70. The van der Waals surface area contributed by atoms with Crippen molar-refractivity contribution in [1.82, 2.24) is 14.9 Å². The van der Waals surface area contributed by atoms with Crippen molar-refractivity contribution >= 4 is 17.5 Å². The zero-order valence-electron chi connectivity index (χ0n) is 15.4. The number of carbonyl (C=O) groups is 2. The van der Waals surface area contributed by atoms with Crippen molar-refractivity contribution in [1.29, 1.82) is 0 Å². The van der Waals surface area contributed by atoms with Crippen LogP contribution in [0, 0.1) is 12.8 Å². The van der Waals surface area contributed by atoms with E-state index in [4.69, 9.17) is 0 Å². The molecule has 2 aromatic rings. The highest BCUT2D eigenvalue weighted by molar-refractivity contribution is 6.00. The molecule has 1 aliphatic rings. The number of hydrogen-bond donors (Lipinski definition) is 1. The molecule has 1 aromatic carbocycles. The number of rotatable bonds is 7. The molecule has 26 heavy (non-hydrogen) atoms. The molecule has 1 saturated heterocycles. The summed E-state index contributed by atoms with van der Waals surface area (Å²) >= 11 is 0. The van der Waals surface area contributed by atoms with E-state index in [1.165, 1.54) is 0 Å². The first kappa shape index (κ1) is 18.2. The Labute approximate surface area is 154 Å². The highest BCUT2D eigenvalue weighted by Gasteiger charge is 2.35. The van der Waals surface area contributed by atoms with Gasteiger partial charge in [-0.15, -0.1) is 0 Å². The summed E-state index contributed by atoms with van der Waals surface area (Å²) in [5.74, 6) is 0.697. The molecular weight excluding hydrogens is 328 g/mol. The van der Waals surface area contributed by atoms with E-state index in [0.717, 1.165) is 36.5 Å². The van der Waals surface area contributed by atoms with Crippen LogP contribution in [0.15, 0.2) is 36.7 Å². The third-order valence-corrected chi connectivity index (χ3v) is 4.96. The number of nitrogens with zero attached hydrogens (tertiary/aromatic N) is 3. The van der Waals surface area contributed by atoms with E-state index in [9.17, 15) is 9.59 Å². The van der Waals surface area contributed by atoms with Gasteiger partial charge in [0.1, 0.15) is 5.82 Å². The Balaban J connectivity index is 1.51. The average molecular weight is 354 g/mol. The lowest BCUT2D eigenvalue weighted by atomic mass is 10.1. The van der Waals surface area contributed by atoms with E-state index >= 15 is 0 Å². The van der Waals surface area contributed by atoms with Gasteiger partial charge in [-0.25, -0.2) is 4.98 Å². The van der Waals surface area contributed by atoms with Crippen molar-refractivity contribution < 1.29 is 9.59 Å². The number of imidazole rings is 1. The Bertz CT molecular complexity index is 784. The van der Waals surface area contributed by atoms with Gasteiger partial charge in [0.2, 0.25) is 11.8 Å². The van der Waals surface area contributed by atoms with Crippen molar-refractivity contribution in [3.63, 3.8) is 0 Å². The monoisotopic (exact) mass is 354 g/mol. The largest absolute Gasteiger partial charge is 0.356 e. The molecule has 1 aromatic heterocycles. The molecule has 138 valence electrons. The number of aromatic nitrogens is 2. The first-order valence-electron chi connectivity index (χ1n) is 9.24. The highest BCUT2D eigenvalue weighted by Crippen LogP contribution is 2.28. The van der Waals surface area contributed by atoms with Crippen molar-refractivity contribution in [2.24, 2.45) is 5.92 Å². The molecule has 6 heteroatoms. The van der Waals surface area contributed by atoms with Crippen LogP contribution in [-0.4, -0.2) is 34.5 Å². The third-order valence-electron chi connectivity index (χ3n) is 4.96. The minimum atomic E-state index is -0.276. The first-order valence-corrected chi connectivity index (χ1v) is 9.24. The summed E-state index contributed by atoms with van der Waals surface area (Å²) in [6.45, 7) is 5.93. The van der Waals surface area contributed by atoms with Crippen LogP contribution in [0.3, 0.4) is 0 Å². The van der Waals surface area contributed by atoms with Gasteiger partial charge in [-0.2, -0.15) is 0 Å². The third kappa shape index (κ3) is 3.95. The topological polar surface area (TPSA) is 67.2 Å². The number of nitrogens with one attached hydrogen (secondary N) is 1. The quantitative estimate of drug-likeness (QED) is 0.776. The number of anilines is 1. The molecule has 1 aliphatic heterocycles. The number of para-hydroxylation sites is 1. The van der Waals surface area contributed by atoms with Crippen molar-refractivity contribution in [3.05, 3.63) is 48.0 Å². The SMILES string of the molecule is CCc1ccccc1N1CC(C(=O)NCCCn2ccnc2C)CC1=O. The fourth-order valence-electron chi connectivity index (χ4n) is 3.43. The minimum Gasteiger partial charge on any atom is -0.356 e. The normalized spacial score (nSPS) is 16.9. The Morgan fingerprint density at radius 2 is 2.15 bits per heavy atom. The number of amides is 2. The van der Waals surface area contributed by atoms with Gasteiger partial charge in [-0.05, 0) is 31.4 Å². The Kier molecular flexibility index (Phi) is 5.71. The molecular formula is C20H26N4O2. The maximum Gasteiger partial charge on any atom is 0.227 e. The molecule has 1 fully saturated rings. The molecule has 1 atom stereocenters. The van der Waals surface area contributed by atoms with Gasteiger partial charge in [0.15, 0.2) is 0 Å². The number of carbonyl (C=O) groups excluding carboxylic acids is 2. The van der Waals surface area contributed by atoms with Crippen LogP contribution < -0.4 is 10.2 Å². The lowest BCUT2D eigenvalue weighted by Crippen LogP contribution is -2.34. The standard InChI is InChI=1S/C20H26N4O2/c1-3-16-7-4-5-8-18(16)24-14-17(13-19(24)25)20(26)22-9-6-11-23-12-10-21-15(23)2/h4-5,7-8,10,12,17H,3,6,9,11,13-14H2,1-2H3,(H,22,26). The zero-order valence-corrected chi connectivity index (χ0v) is 15.4. The van der Waals surface area contributed by atoms with Crippen molar-refractivity contribution in [3.8, 4) is 0 Å². The highest BCUT2D eigenvalue weighted by atomic mass is 16.2. The van der Waals surface area contributed by atoms with Crippen LogP contribution in [0.5, 0.6) is 0 Å². The second kappa shape index (κ2) is 8.17. The summed E-state index contributed by atoms with van der Waals surface area (Å²) in [5.41, 5.74) is 2.07. The molecule has 0 saturated carbocycles. The van der Waals surface area contributed by atoms with Gasteiger partial charge in [-0.1, -0.05) is 25.1 Å². The lowest BCUT2D eigenvalue weighted by molar-refractivity contribution is -0.126. The van der Waals surface area contributed by atoms with Crippen LogP contribution in [0.25, 0.3) is 0 Å². The van der Waals surface area contributed by atoms with Crippen molar-refractivity contribution in [2.75, 3.05) is 18.0 Å². The summed E-state index contributed by atoms with van der Waals surface area (Å²) < 4.78 is 2.06. The maximum atomic E-state index is 12.4. The van der Waals surface area contributed by atoms with E-state index in [1.807, 2.05) is 37.4 Å². The summed E-state index contributed by atoms with van der Waals surface area (Å²) in [6.07, 6.45) is 5.71. The molecule has 2 amide bonds. The minimum absolute atomic E-state index is 0.0279. The molecule has 0 aliphatic carbocycles. The predicted molar refractivity (Wildman–Crippen MR) is 101 cm³/mol. The van der Waals surface area contributed by atoms with Crippen LogP contribution >= 0.6 is 0 Å². The predicted octanol–water partition coefficient (Wildman–Crippen LogP) is 2.31. The van der Waals surface area contributed by atoms with Gasteiger partial charge in [0.05, 0.1) is 5.92 Å². The van der Waals surface area contributed by atoms with Gasteiger partial charge in [-0.3, -0.25) is 9.59 Å². The summed E-state index contributed by atoms with van der Waals surface area (Å²) in [5, 5.41) is 2.98. The molecule has 1 unspecified atom stereocenters. The van der Waals surface area contributed by atoms with Gasteiger partial charge in [0, 0.05) is 44.1 Å². The van der Waals surface area contributed by atoms with Gasteiger partial charge >= 0.3 is 0 Å². The van der Waals surface area contributed by atoms with Crippen LogP contribution in [-0.2, 0) is 22.6 Å². The van der Waals surface area contributed by atoms with Crippen molar-refractivity contribution in [2.45, 2.75) is 39.7 Å². The molecule has 2 heterocycles. The van der Waals surface area contributed by atoms with Gasteiger partial charge < -0.3 is 14.8 Å². The first-order chi connectivity index (χ1) is 12.6. The van der Waals surface area contributed by atoms with E-state index < -0.39 is 0 Å². The molecule has 0 radical (unpaired) electrons. The Morgan fingerprint density at radius 3 is 2.88 bits per heavy atom. The number of aryl methyl sites for hydroxylation is 3. The molecule has 6 nitrogen and oxygen atoms in total. The van der Waals surface area contributed by atoms with Gasteiger partial charge in [0.25, 0.3) is 0 Å². The summed E-state index contributed by atoms with van der Waals surface area (Å²) in [6, 6.07) is 7.92. The van der Waals surface area contributed by atoms with Crippen LogP contribution in [0.4, 0.5) is 5.69 Å². The second-order valence-corrected chi connectivity index (χ2v) is 6.70. The maximum absolute atomic E-state index is 12.4. The summed E-state index contributed by atoms with van der Waals surface area (Å²) in [7, 11) is 0. The molecule has 0 spiro atoms. The van der Waals surface area contributed by atoms with E-state index in [2.05, 4.69) is 21.8 Å². The molecule has 0 bridgehead atoms. The van der Waals surface area contributed by atoms with Crippen LogP contribution in [0.2, 0.25) is 0 Å². The van der Waals surface area contributed by atoms with E-state index in [-0.39, 0.29) is 24.2 Å². The Morgan fingerprint density at radius 1 is 1.35 bits per heavy atom. The fraction of sp³-hybridized carbons (Fsp3) is 0.450. The molecule has 3 rings (SSSR count). The lowest BCUT2D eigenvalue weighted by Gasteiger charge is -2.20. The number of hydrogen-bond acceptors (Lipinski definition) is 3. The van der Waals surface area contributed by atoms with E-state index in [0.29, 0.717) is 13.1 Å². The zero-order chi connectivity index (χ0) is 18.5. The van der Waals surface area contributed by atoms with Crippen LogP contribution in [0.1, 0.15) is 31.2 Å². The van der Waals surface area contributed by atoms with E-state index in [1.54, 1.807) is 11.1 Å². The molecule has 1 N–H and O–H groups in total. The smallest absolute Gasteiger partial charge is 0.227 e. The average Bonchev–Trinajstić information content (AvgIpc) is 3.24. The fourth-order valence-corrected chi connectivity index (χ4v) is 3.43. The number of benzene rings is 1.